The molecule has 3 heterocycles. The van der Waals surface area contributed by atoms with E-state index in [1.807, 2.05) is 17.3 Å². The lowest BCUT2D eigenvalue weighted by Crippen LogP contribution is -2.57. The van der Waals surface area contributed by atoms with Gasteiger partial charge in [-0.3, -0.25) is 4.79 Å². The van der Waals surface area contributed by atoms with Crippen LogP contribution in [-0.4, -0.2) is 82.3 Å². The van der Waals surface area contributed by atoms with Gasteiger partial charge in [0.1, 0.15) is 17.6 Å². The summed E-state index contributed by atoms with van der Waals surface area (Å²) in [4.78, 5) is 24.8. The van der Waals surface area contributed by atoms with Crippen LogP contribution in [0.2, 0.25) is 0 Å². The highest BCUT2D eigenvalue weighted by Gasteiger charge is 2.45. The van der Waals surface area contributed by atoms with E-state index in [4.69, 9.17) is 4.98 Å². The second-order valence-electron chi connectivity index (χ2n) is 10.5. The number of hydrogen-bond donors (Lipinski definition) is 0. The summed E-state index contributed by atoms with van der Waals surface area (Å²) >= 11 is -0.916. The van der Waals surface area contributed by atoms with Gasteiger partial charge in [-0.15, -0.1) is 4.31 Å². The van der Waals surface area contributed by atoms with Crippen molar-refractivity contribution in [3.05, 3.63) is 29.5 Å². The van der Waals surface area contributed by atoms with Gasteiger partial charge in [0, 0.05) is 55.9 Å². The molecule has 2 saturated heterocycles. The zero-order chi connectivity index (χ0) is 24.1. The molecule has 2 atom stereocenters. The lowest BCUT2D eigenvalue weighted by Gasteiger charge is -2.43. The average Bonchev–Trinajstić information content (AvgIpc) is 3.74. The predicted octanol–water partition coefficient (Wildman–Crippen LogP) is 2.25. The van der Waals surface area contributed by atoms with Gasteiger partial charge >= 0.3 is 0 Å². The molecule has 2 saturated carbocycles. The Balaban J connectivity index is 1.25. The number of allylic oxidation sites excluding steroid dienone is 2. The van der Waals surface area contributed by atoms with E-state index in [0.717, 1.165) is 75.9 Å². The van der Waals surface area contributed by atoms with Gasteiger partial charge in [0.05, 0.1) is 36.1 Å². The van der Waals surface area contributed by atoms with Gasteiger partial charge in [-0.1, -0.05) is 12.2 Å². The number of hydrogen-bond acceptors (Lipinski definition) is 7. The van der Waals surface area contributed by atoms with Crippen molar-refractivity contribution in [2.75, 3.05) is 61.4 Å². The summed E-state index contributed by atoms with van der Waals surface area (Å²) in [6.07, 6.45) is 8.77. The quantitative estimate of drug-likeness (QED) is 0.424. The fraction of sp³-hybridized carbons (Fsp3) is 0.654. The summed E-state index contributed by atoms with van der Waals surface area (Å²) < 4.78 is 14.3. The fourth-order valence-corrected chi connectivity index (χ4v) is 6.54. The molecule has 0 bridgehead atoms. The Morgan fingerprint density at radius 3 is 2.43 bits per heavy atom. The maximum atomic E-state index is 12.9. The second-order valence-corrected chi connectivity index (χ2v) is 12.2. The molecule has 6 rings (SSSR count). The van der Waals surface area contributed by atoms with Gasteiger partial charge < -0.3 is 19.3 Å². The summed E-state index contributed by atoms with van der Waals surface area (Å²) in [5, 5.41) is 10.1. The summed E-state index contributed by atoms with van der Waals surface area (Å²) in [6.45, 7) is 7.23. The standard InChI is InChI=1S/C26H34N6O2S/c1-2-35(34)31-12-9-29(10-13-31)22-15-21(16-27)25(28-24(22)19-5-6-19)30-11-14-32(26(33)20-7-8-20)23(17-30)18-3-4-18/h5-6,15,18-20,23H,2-4,7-14,17H2,1H3. The molecule has 9 heteroatoms. The highest BCUT2D eigenvalue weighted by Crippen LogP contribution is 2.42. The molecule has 0 spiro atoms. The third-order valence-electron chi connectivity index (χ3n) is 8.04. The molecule has 0 aromatic carbocycles. The van der Waals surface area contributed by atoms with Crippen LogP contribution in [-0.2, 0) is 16.2 Å². The highest BCUT2D eigenvalue weighted by atomic mass is 32.2. The number of aromatic nitrogens is 1. The van der Waals surface area contributed by atoms with Gasteiger partial charge in [-0.2, -0.15) is 5.26 Å². The second kappa shape index (κ2) is 9.30. The summed E-state index contributed by atoms with van der Waals surface area (Å²) in [6, 6.07) is 4.69. The van der Waals surface area contributed by atoms with Gasteiger partial charge in [-0.05, 0) is 44.6 Å². The van der Waals surface area contributed by atoms with E-state index < -0.39 is 11.4 Å². The molecule has 0 N–H and O–H groups in total. The van der Waals surface area contributed by atoms with E-state index in [1.165, 1.54) is 12.8 Å². The Bertz CT molecular complexity index is 1050. The molecule has 35 heavy (non-hydrogen) atoms. The number of nitriles is 1. The van der Waals surface area contributed by atoms with E-state index in [1.54, 1.807) is 0 Å². The largest absolute Gasteiger partial charge is 0.598 e. The Labute approximate surface area is 210 Å². The van der Waals surface area contributed by atoms with Crippen LogP contribution in [0.25, 0.3) is 0 Å². The summed E-state index contributed by atoms with van der Waals surface area (Å²) in [5.41, 5.74) is 2.66. The van der Waals surface area contributed by atoms with Crippen molar-refractivity contribution >= 4 is 28.8 Å². The van der Waals surface area contributed by atoms with E-state index in [2.05, 4.69) is 32.9 Å². The first-order chi connectivity index (χ1) is 17.1. The molecule has 1 aromatic heterocycles. The van der Waals surface area contributed by atoms with Gasteiger partial charge in [-0.25, -0.2) is 4.98 Å². The van der Waals surface area contributed by atoms with Crippen molar-refractivity contribution < 1.29 is 9.35 Å². The van der Waals surface area contributed by atoms with E-state index >= 15 is 0 Å². The zero-order valence-corrected chi connectivity index (χ0v) is 21.3. The van der Waals surface area contributed by atoms with E-state index in [-0.39, 0.29) is 17.9 Å². The van der Waals surface area contributed by atoms with Crippen molar-refractivity contribution in [1.82, 2.24) is 14.2 Å². The third kappa shape index (κ3) is 4.64. The zero-order valence-electron chi connectivity index (χ0n) is 20.4. The molecule has 0 radical (unpaired) electrons. The molecule has 2 aliphatic heterocycles. The number of pyridine rings is 1. The first-order valence-electron chi connectivity index (χ1n) is 13.1. The predicted molar refractivity (Wildman–Crippen MR) is 136 cm³/mol. The first kappa shape index (κ1) is 23.1. The Morgan fingerprint density at radius 1 is 1.11 bits per heavy atom. The molecule has 5 aliphatic rings. The van der Waals surface area contributed by atoms with Crippen LogP contribution in [0, 0.1) is 23.2 Å². The van der Waals surface area contributed by atoms with Crippen molar-refractivity contribution in [3.8, 4) is 6.07 Å². The molecule has 1 aromatic rings. The molecule has 8 nitrogen and oxygen atoms in total. The Hall–Kier alpha value is -2.28. The molecular weight excluding hydrogens is 460 g/mol. The monoisotopic (exact) mass is 494 g/mol. The molecule has 2 unspecified atom stereocenters. The highest BCUT2D eigenvalue weighted by molar-refractivity contribution is 7.89. The minimum atomic E-state index is -0.916. The van der Waals surface area contributed by atoms with Crippen molar-refractivity contribution in [1.29, 1.82) is 5.26 Å². The molecule has 3 aliphatic carbocycles. The smallest absolute Gasteiger partial charge is 0.226 e. The van der Waals surface area contributed by atoms with E-state index in [9.17, 15) is 14.6 Å². The van der Waals surface area contributed by atoms with Crippen LogP contribution in [0.3, 0.4) is 0 Å². The normalized spacial score (nSPS) is 26.1. The maximum absolute atomic E-state index is 12.9. The topological polar surface area (TPSA) is 89.8 Å². The van der Waals surface area contributed by atoms with Crippen molar-refractivity contribution in [2.45, 2.75) is 44.6 Å². The third-order valence-corrected chi connectivity index (χ3v) is 9.48. The van der Waals surface area contributed by atoms with Gasteiger partial charge in [0.2, 0.25) is 5.91 Å². The number of amides is 1. The van der Waals surface area contributed by atoms with Crippen LogP contribution in [0.1, 0.15) is 49.8 Å². The SMILES string of the molecule is CC[S+]([O-])N1CCN(c2cc(C#N)c(N3CCN(C(=O)C4CC4)C(C4CC4)C3)nc2C2C=C2)CC1. The van der Waals surface area contributed by atoms with Crippen LogP contribution < -0.4 is 9.80 Å². The number of piperazine rings is 2. The van der Waals surface area contributed by atoms with Gasteiger partial charge in [0.25, 0.3) is 0 Å². The number of rotatable bonds is 7. The summed E-state index contributed by atoms with van der Waals surface area (Å²) in [7, 11) is 0. The van der Waals surface area contributed by atoms with Crippen molar-refractivity contribution in [3.63, 3.8) is 0 Å². The van der Waals surface area contributed by atoms with Crippen LogP contribution in [0.15, 0.2) is 18.2 Å². The van der Waals surface area contributed by atoms with Crippen LogP contribution >= 0.6 is 0 Å². The molecule has 1 amide bonds. The lowest BCUT2D eigenvalue weighted by atomic mass is 10.0. The minimum absolute atomic E-state index is 0.219. The first-order valence-corrected chi connectivity index (χ1v) is 14.4. The average molecular weight is 495 g/mol. The number of carbonyl (C=O) groups is 1. The number of nitrogens with zero attached hydrogens (tertiary/aromatic N) is 6. The van der Waals surface area contributed by atoms with E-state index in [0.29, 0.717) is 23.1 Å². The minimum Gasteiger partial charge on any atom is -0.598 e. The van der Waals surface area contributed by atoms with Crippen LogP contribution in [0.5, 0.6) is 0 Å². The number of carbonyl (C=O) groups excluding carboxylic acids is 1. The Morgan fingerprint density at radius 2 is 1.83 bits per heavy atom. The number of anilines is 2. The fourth-order valence-electron chi connectivity index (χ4n) is 5.61. The molecule has 4 fully saturated rings. The maximum Gasteiger partial charge on any atom is 0.226 e. The molecule has 186 valence electrons. The van der Waals surface area contributed by atoms with Crippen molar-refractivity contribution in [2.24, 2.45) is 11.8 Å². The lowest BCUT2D eigenvalue weighted by molar-refractivity contribution is -0.135. The summed E-state index contributed by atoms with van der Waals surface area (Å²) in [5.74, 6) is 2.81. The Kier molecular flexibility index (Phi) is 6.15. The molecular formula is C26H34N6O2S. The van der Waals surface area contributed by atoms with Crippen LogP contribution in [0.4, 0.5) is 11.5 Å². The van der Waals surface area contributed by atoms with Gasteiger partial charge in [0.15, 0.2) is 0 Å².